The van der Waals surface area contributed by atoms with Crippen molar-refractivity contribution in [1.29, 1.82) is 0 Å². The molecule has 1 aliphatic rings. The van der Waals surface area contributed by atoms with Crippen LogP contribution in [0.15, 0.2) is 23.3 Å². The van der Waals surface area contributed by atoms with Gasteiger partial charge in [0.2, 0.25) is 10.0 Å². The van der Waals surface area contributed by atoms with Crippen molar-refractivity contribution in [3.05, 3.63) is 34.2 Å². The van der Waals surface area contributed by atoms with Gasteiger partial charge in [-0.1, -0.05) is 0 Å². The van der Waals surface area contributed by atoms with Crippen molar-refractivity contribution in [3.8, 4) is 0 Å². The van der Waals surface area contributed by atoms with Crippen molar-refractivity contribution in [3.63, 3.8) is 0 Å². The van der Waals surface area contributed by atoms with E-state index in [1.165, 1.54) is 18.5 Å². The molecule has 0 spiro atoms. The fourth-order valence-electron chi connectivity index (χ4n) is 2.47. The van der Waals surface area contributed by atoms with Crippen molar-refractivity contribution >= 4 is 15.9 Å². The molecular weight excluding hydrogens is 294 g/mol. The van der Waals surface area contributed by atoms with E-state index in [1.807, 2.05) is 0 Å². The largest absolute Gasteiger partial charge is 0.367 e. The second kappa shape index (κ2) is 6.40. The van der Waals surface area contributed by atoms with Crippen molar-refractivity contribution in [2.45, 2.75) is 25.3 Å². The standard InChI is InChI=1S/C13H19N3O4S/c1-21(19,20)15-8-10-4-2-3-7-16(10)13(18)11-9-14-6-5-12(11)17/h5-6,9-10,15H,2-4,7-8H2,1H3,(H,14,17). The van der Waals surface area contributed by atoms with E-state index in [-0.39, 0.29) is 29.5 Å². The Bertz CT molecular complexity index is 668. The van der Waals surface area contributed by atoms with E-state index in [0.29, 0.717) is 6.54 Å². The number of pyridine rings is 1. The fourth-order valence-corrected chi connectivity index (χ4v) is 2.96. The number of H-pyrrole nitrogens is 1. The van der Waals surface area contributed by atoms with Crippen LogP contribution in [-0.2, 0) is 10.0 Å². The van der Waals surface area contributed by atoms with Crippen LogP contribution in [0.2, 0.25) is 0 Å². The highest BCUT2D eigenvalue weighted by Crippen LogP contribution is 2.18. The molecule has 2 heterocycles. The minimum absolute atomic E-state index is 0.0868. The molecule has 1 aliphatic heterocycles. The van der Waals surface area contributed by atoms with Gasteiger partial charge in [0.25, 0.3) is 5.91 Å². The monoisotopic (exact) mass is 313 g/mol. The third-order valence-electron chi connectivity index (χ3n) is 3.52. The summed E-state index contributed by atoms with van der Waals surface area (Å²) < 4.78 is 24.8. The summed E-state index contributed by atoms with van der Waals surface area (Å²) in [6, 6.07) is 1.08. The number of aromatic nitrogens is 1. The molecule has 0 aliphatic carbocycles. The minimum Gasteiger partial charge on any atom is -0.367 e. The van der Waals surface area contributed by atoms with Crippen LogP contribution in [0.25, 0.3) is 0 Å². The Morgan fingerprint density at radius 1 is 1.48 bits per heavy atom. The van der Waals surface area contributed by atoms with Crippen LogP contribution in [0.1, 0.15) is 29.6 Å². The third kappa shape index (κ3) is 4.15. The van der Waals surface area contributed by atoms with E-state index in [9.17, 15) is 18.0 Å². The molecule has 2 rings (SSSR count). The predicted octanol–water partition coefficient (Wildman–Crippen LogP) is -0.0812. The normalized spacial score (nSPS) is 19.5. The van der Waals surface area contributed by atoms with E-state index < -0.39 is 10.0 Å². The molecule has 1 amide bonds. The maximum atomic E-state index is 12.5. The van der Waals surface area contributed by atoms with Crippen molar-refractivity contribution in [2.24, 2.45) is 0 Å². The van der Waals surface area contributed by atoms with E-state index in [2.05, 4.69) is 9.71 Å². The molecule has 1 aromatic rings. The highest BCUT2D eigenvalue weighted by atomic mass is 32.2. The number of likely N-dealkylation sites (tertiary alicyclic amines) is 1. The minimum atomic E-state index is -3.30. The van der Waals surface area contributed by atoms with Gasteiger partial charge in [-0.05, 0) is 19.3 Å². The van der Waals surface area contributed by atoms with Gasteiger partial charge in [-0.2, -0.15) is 0 Å². The first kappa shape index (κ1) is 15.7. The lowest BCUT2D eigenvalue weighted by Gasteiger charge is -2.35. The summed E-state index contributed by atoms with van der Waals surface area (Å²) in [5.41, 5.74) is -0.247. The molecule has 1 saturated heterocycles. The highest BCUT2D eigenvalue weighted by Gasteiger charge is 2.29. The van der Waals surface area contributed by atoms with E-state index in [0.717, 1.165) is 25.5 Å². The van der Waals surface area contributed by atoms with E-state index in [4.69, 9.17) is 0 Å². The number of amides is 1. The summed E-state index contributed by atoms with van der Waals surface area (Å²) in [6.45, 7) is 0.707. The number of sulfonamides is 1. The highest BCUT2D eigenvalue weighted by molar-refractivity contribution is 7.88. The second-order valence-electron chi connectivity index (χ2n) is 5.19. The average Bonchev–Trinajstić information content (AvgIpc) is 2.44. The average molecular weight is 313 g/mol. The summed E-state index contributed by atoms with van der Waals surface area (Å²) in [5, 5.41) is 0. The third-order valence-corrected chi connectivity index (χ3v) is 4.21. The van der Waals surface area contributed by atoms with Crippen LogP contribution < -0.4 is 10.2 Å². The van der Waals surface area contributed by atoms with Crippen LogP contribution in [0.4, 0.5) is 0 Å². The fraction of sp³-hybridized carbons (Fsp3) is 0.538. The number of nitrogens with one attached hydrogen (secondary N) is 2. The van der Waals surface area contributed by atoms with Gasteiger partial charge in [0.1, 0.15) is 5.56 Å². The molecule has 21 heavy (non-hydrogen) atoms. The topological polar surface area (TPSA) is 99.3 Å². The van der Waals surface area contributed by atoms with Gasteiger partial charge in [-0.25, -0.2) is 13.1 Å². The second-order valence-corrected chi connectivity index (χ2v) is 7.02. The molecule has 0 radical (unpaired) electrons. The van der Waals surface area contributed by atoms with Gasteiger partial charge in [-0.15, -0.1) is 0 Å². The molecule has 0 bridgehead atoms. The molecule has 116 valence electrons. The lowest BCUT2D eigenvalue weighted by molar-refractivity contribution is 0.0617. The quantitative estimate of drug-likeness (QED) is 0.812. The lowest BCUT2D eigenvalue weighted by atomic mass is 10.0. The Morgan fingerprint density at radius 3 is 2.90 bits per heavy atom. The number of carbonyl (C=O) groups is 1. The smallest absolute Gasteiger partial charge is 0.259 e. The zero-order valence-electron chi connectivity index (χ0n) is 11.8. The SMILES string of the molecule is CS(=O)(=O)NCC1CCCCN1C(=O)c1c[nH]ccc1=O. The Labute approximate surface area is 123 Å². The molecule has 1 unspecified atom stereocenters. The molecule has 1 fully saturated rings. The van der Waals surface area contributed by atoms with Crippen LogP contribution in [0.3, 0.4) is 0 Å². The van der Waals surface area contributed by atoms with Gasteiger partial charge in [-0.3, -0.25) is 9.59 Å². The number of piperidine rings is 1. The first-order valence-corrected chi connectivity index (χ1v) is 8.70. The predicted molar refractivity (Wildman–Crippen MR) is 78.6 cm³/mol. The zero-order valence-corrected chi connectivity index (χ0v) is 12.6. The number of rotatable bonds is 4. The molecule has 1 atom stereocenters. The van der Waals surface area contributed by atoms with Crippen LogP contribution in [0.5, 0.6) is 0 Å². The summed E-state index contributed by atoms with van der Waals surface area (Å²) >= 11 is 0. The Hall–Kier alpha value is -1.67. The molecule has 1 aromatic heterocycles. The number of aromatic amines is 1. The van der Waals surface area contributed by atoms with Gasteiger partial charge in [0, 0.05) is 37.6 Å². The Kier molecular flexibility index (Phi) is 4.79. The molecule has 0 saturated carbocycles. The first-order valence-electron chi connectivity index (χ1n) is 6.81. The number of hydrogen-bond donors (Lipinski definition) is 2. The number of nitrogens with zero attached hydrogens (tertiary/aromatic N) is 1. The zero-order chi connectivity index (χ0) is 15.5. The maximum Gasteiger partial charge on any atom is 0.259 e. The van der Waals surface area contributed by atoms with Crippen molar-refractivity contribution in [2.75, 3.05) is 19.3 Å². The van der Waals surface area contributed by atoms with Gasteiger partial charge >= 0.3 is 0 Å². The Balaban J connectivity index is 2.17. The molecular formula is C13H19N3O4S. The molecule has 2 N–H and O–H groups in total. The van der Waals surface area contributed by atoms with Gasteiger partial charge in [0.05, 0.1) is 6.26 Å². The molecule has 8 heteroatoms. The summed E-state index contributed by atoms with van der Waals surface area (Å²) in [7, 11) is -3.30. The summed E-state index contributed by atoms with van der Waals surface area (Å²) in [6.07, 6.45) is 6.46. The maximum absolute atomic E-state index is 12.5. The first-order chi connectivity index (χ1) is 9.88. The summed E-state index contributed by atoms with van der Waals surface area (Å²) in [5.74, 6) is -0.350. The number of carbonyl (C=O) groups excluding carboxylic acids is 1. The van der Waals surface area contributed by atoms with Crippen LogP contribution in [0, 0.1) is 0 Å². The number of hydrogen-bond acceptors (Lipinski definition) is 4. The van der Waals surface area contributed by atoms with Gasteiger partial charge < -0.3 is 9.88 Å². The van der Waals surface area contributed by atoms with Crippen LogP contribution >= 0.6 is 0 Å². The van der Waals surface area contributed by atoms with E-state index >= 15 is 0 Å². The van der Waals surface area contributed by atoms with Crippen molar-refractivity contribution in [1.82, 2.24) is 14.6 Å². The molecule has 0 aromatic carbocycles. The lowest BCUT2D eigenvalue weighted by Crippen LogP contribution is -2.50. The van der Waals surface area contributed by atoms with Gasteiger partial charge in [0.15, 0.2) is 5.43 Å². The molecule has 7 nitrogen and oxygen atoms in total. The Morgan fingerprint density at radius 2 is 2.24 bits per heavy atom. The van der Waals surface area contributed by atoms with E-state index in [1.54, 1.807) is 4.90 Å². The van der Waals surface area contributed by atoms with Crippen molar-refractivity contribution < 1.29 is 13.2 Å². The van der Waals surface area contributed by atoms with Crippen LogP contribution in [-0.4, -0.2) is 49.6 Å². The summed E-state index contributed by atoms with van der Waals surface area (Å²) in [4.78, 5) is 28.6.